The molecule has 2 aromatic carbocycles. The molecular weight excluding hydrogens is 414 g/mol. The van der Waals surface area contributed by atoms with Gasteiger partial charge in [0.2, 0.25) is 5.91 Å². The average molecular weight is 436 g/mol. The average Bonchev–Trinajstić information content (AvgIpc) is 3.33. The second kappa shape index (κ2) is 9.09. The summed E-state index contributed by atoms with van der Waals surface area (Å²) >= 11 is 1.36. The van der Waals surface area contributed by atoms with Crippen LogP contribution < -0.4 is 14.8 Å². The van der Waals surface area contributed by atoms with Crippen LogP contribution in [0.5, 0.6) is 11.5 Å². The molecule has 0 aliphatic carbocycles. The van der Waals surface area contributed by atoms with E-state index in [0.717, 1.165) is 10.9 Å². The minimum atomic E-state index is -0.417. The van der Waals surface area contributed by atoms with Crippen LogP contribution in [-0.2, 0) is 4.79 Å². The number of carbonyl (C=O) groups is 1. The van der Waals surface area contributed by atoms with Gasteiger partial charge in [-0.05, 0) is 25.1 Å². The largest absolute Gasteiger partial charge is 0.497 e. The van der Waals surface area contributed by atoms with Crippen molar-refractivity contribution in [2.75, 3.05) is 19.5 Å². The van der Waals surface area contributed by atoms with Gasteiger partial charge >= 0.3 is 0 Å². The number of fused-ring (bicyclic) bond motifs is 1. The van der Waals surface area contributed by atoms with Crippen molar-refractivity contribution < 1.29 is 18.7 Å². The number of carbonyl (C=O) groups excluding carboxylic acids is 1. The number of furan rings is 1. The van der Waals surface area contributed by atoms with E-state index in [0.29, 0.717) is 33.8 Å². The first-order valence-electron chi connectivity index (χ1n) is 9.58. The Hall–Kier alpha value is -3.52. The quantitative estimate of drug-likeness (QED) is 0.322. The molecule has 1 unspecified atom stereocenters. The molecule has 0 aliphatic rings. The normalized spacial score (nSPS) is 11.8. The lowest BCUT2D eigenvalue weighted by molar-refractivity contribution is -0.115. The van der Waals surface area contributed by atoms with E-state index in [9.17, 15) is 4.79 Å². The van der Waals surface area contributed by atoms with Gasteiger partial charge in [0.1, 0.15) is 16.5 Å². The number of rotatable bonds is 7. The van der Waals surface area contributed by atoms with Crippen LogP contribution in [0, 0.1) is 0 Å². The molecule has 4 aromatic rings. The number of aromatic nitrogens is 2. The molecule has 158 valence electrons. The Balaban J connectivity index is 1.59. The van der Waals surface area contributed by atoms with Crippen LogP contribution in [0.1, 0.15) is 6.92 Å². The molecule has 0 fully saturated rings. The van der Waals surface area contributed by atoms with E-state index < -0.39 is 5.25 Å². The SMILES string of the molecule is COc1cc(NC(=O)C(C)Sc2nc(-c3ccco3)nc3ccccc23)cc(OC)c1. The number of thioether (sulfide) groups is 1. The molecule has 4 rings (SSSR count). The van der Waals surface area contributed by atoms with Crippen molar-refractivity contribution in [3.8, 4) is 23.1 Å². The summed E-state index contributed by atoms with van der Waals surface area (Å²) in [5.41, 5.74) is 1.38. The molecule has 7 nitrogen and oxygen atoms in total. The number of amides is 1. The third kappa shape index (κ3) is 4.64. The number of methoxy groups -OCH3 is 2. The maximum Gasteiger partial charge on any atom is 0.237 e. The third-order valence-corrected chi connectivity index (χ3v) is 5.69. The predicted octanol–water partition coefficient (Wildman–Crippen LogP) is 5.03. The molecule has 1 N–H and O–H groups in total. The van der Waals surface area contributed by atoms with E-state index in [2.05, 4.69) is 15.3 Å². The first kappa shape index (κ1) is 20.7. The maximum atomic E-state index is 12.9. The van der Waals surface area contributed by atoms with Gasteiger partial charge in [0.05, 0.1) is 31.2 Å². The van der Waals surface area contributed by atoms with Gasteiger partial charge in [0, 0.05) is 29.3 Å². The van der Waals surface area contributed by atoms with Gasteiger partial charge in [0.25, 0.3) is 0 Å². The van der Waals surface area contributed by atoms with E-state index in [1.54, 1.807) is 44.7 Å². The lowest BCUT2D eigenvalue weighted by Gasteiger charge is -2.14. The third-order valence-electron chi connectivity index (χ3n) is 4.59. The Morgan fingerprint density at radius 2 is 1.77 bits per heavy atom. The number of hydrogen-bond donors (Lipinski definition) is 1. The molecule has 0 saturated heterocycles. The number of benzene rings is 2. The van der Waals surface area contributed by atoms with Crippen LogP contribution in [0.3, 0.4) is 0 Å². The zero-order valence-corrected chi connectivity index (χ0v) is 18.1. The zero-order chi connectivity index (χ0) is 21.8. The van der Waals surface area contributed by atoms with Gasteiger partial charge in [-0.2, -0.15) is 0 Å². The Bertz CT molecular complexity index is 1190. The van der Waals surface area contributed by atoms with Gasteiger partial charge in [-0.25, -0.2) is 9.97 Å². The molecule has 1 amide bonds. The molecule has 0 bridgehead atoms. The fourth-order valence-corrected chi connectivity index (χ4v) is 3.94. The maximum absolute atomic E-state index is 12.9. The fourth-order valence-electron chi connectivity index (χ4n) is 3.00. The van der Waals surface area contributed by atoms with E-state index >= 15 is 0 Å². The van der Waals surface area contributed by atoms with Gasteiger partial charge < -0.3 is 19.2 Å². The summed E-state index contributed by atoms with van der Waals surface area (Å²) in [4.78, 5) is 22.1. The molecule has 2 aromatic heterocycles. The second-order valence-electron chi connectivity index (χ2n) is 6.70. The minimum absolute atomic E-state index is 0.164. The summed E-state index contributed by atoms with van der Waals surface area (Å²) in [6.45, 7) is 1.83. The van der Waals surface area contributed by atoms with Gasteiger partial charge in [0.15, 0.2) is 11.6 Å². The summed E-state index contributed by atoms with van der Waals surface area (Å²) in [6.07, 6.45) is 1.58. The monoisotopic (exact) mass is 435 g/mol. The van der Waals surface area contributed by atoms with Crippen molar-refractivity contribution >= 4 is 34.3 Å². The molecule has 1 atom stereocenters. The summed E-state index contributed by atoms with van der Waals surface area (Å²) in [6, 6.07) is 16.5. The Labute approximate surface area is 183 Å². The lowest BCUT2D eigenvalue weighted by atomic mass is 10.2. The number of anilines is 1. The second-order valence-corrected chi connectivity index (χ2v) is 8.03. The van der Waals surface area contributed by atoms with Crippen LogP contribution in [0.4, 0.5) is 5.69 Å². The van der Waals surface area contributed by atoms with Crippen LogP contribution in [0.15, 0.2) is 70.3 Å². The van der Waals surface area contributed by atoms with E-state index in [-0.39, 0.29) is 5.91 Å². The number of ether oxygens (including phenoxy) is 2. The van der Waals surface area contributed by atoms with Crippen molar-refractivity contribution in [3.63, 3.8) is 0 Å². The van der Waals surface area contributed by atoms with Crippen LogP contribution >= 0.6 is 11.8 Å². The van der Waals surface area contributed by atoms with E-state index in [1.165, 1.54) is 11.8 Å². The van der Waals surface area contributed by atoms with Crippen molar-refractivity contribution in [2.45, 2.75) is 17.2 Å². The Kier molecular flexibility index (Phi) is 6.08. The summed E-state index contributed by atoms with van der Waals surface area (Å²) < 4.78 is 16.0. The van der Waals surface area contributed by atoms with Gasteiger partial charge in [-0.15, -0.1) is 0 Å². The highest BCUT2D eigenvalue weighted by Crippen LogP contribution is 2.32. The first-order valence-corrected chi connectivity index (χ1v) is 10.5. The Morgan fingerprint density at radius 1 is 1.03 bits per heavy atom. The zero-order valence-electron chi connectivity index (χ0n) is 17.3. The summed E-state index contributed by atoms with van der Waals surface area (Å²) in [5, 5.41) is 4.09. The molecule has 0 saturated carbocycles. The summed E-state index contributed by atoms with van der Waals surface area (Å²) in [7, 11) is 3.13. The van der Waals surface area contributed by atoms with Crippen molar-refractivity contribution in [1.82, 2.24) is 9.97 Å². The highest BCUT2D eigenvalue weighted by molar-refractivity contribution is 8.00. The summed E-state index contributed by atoms with van der Waals surface area (Å²) in [5.74, 6) is 2.09. The fraction of sp³-hybridized carbons (Fsp3) is 0.174. The van der Waals surface area contributed by atoms with Crippen molar-refractivity contribution in [1.29, 1.82) is 0 Å². The smallest absolute Gasteiger partial charge is 0.237 e. The standard InChI is InChI=1S/C23H21N3O4S/c1-14(22(27)24-15-11-16(28-2)13-17(12-15)29-3)31-23-18-7-4-5-8-19(18)25-21(26-23)20-9-6-10-30-20/h4-14H,1-3H3,(H,24,27). The highest BCUT2D eigenvalue weighted by atomic mass is 32.2. The molecule has 31 heavy (non-hydrogen) atoms. The predicted molar refractivity (Wildman–Crippen MR) is 121 cm³/mol. The van der Waals surface area contributed by atoms with Crippen LogP contribution in [0.2, 0.25) is 0 Å². The molecule has 2 heterocycles. The molecular formula is C23H21N3O4S. The molecule has 0 radical (unpaired) electrons. The molecule has 0 spiro atoms. The first-order chi connectivity index (χ1) is 15.1. The van der Waals surface area contributed by atoms with Crippen LogP contribution in [0.25, 0.3) is 22.5 Å². The molecule has 8 heteroatoms. The van der Waals surface area contributed by atoms with Crippen molar-refractivity contribution in [2.24, 2.45) is 0 Å². The Morgan fingerprint density at radius 3 is 2.45 bits per heavy atom. The number of nitrogens with zero attached hydrogens (tertiary/aromatic N) is 2. The van der Waals surface area contributed by atoms with E-state index in [4.69, 9.17) is 13.9 Å². The molecule has 0 aliphatic heterocycles. The van der Waals surface area contributed by atoms with Crippen LogP contribution in [-0.4, -0.2) is 35.3 Å². The number of hydrogen-bond acceptors (Lipinski definition) is 7. The lowest BCUT2D eigenvalue weighted by Crippen LogP contribution is -2.22. The topological polar surface area (TPSA) is 86.5 Å². The van der Waals surface area contributed by atoms with Gasteiger partial charge in [-0.1, -0.05) is 30.0 Å². The van der Waals surface area contributed by atoms with Crippen molar-refractivity contribution in [3.05, 3.63) is 60.9 Å². The minimum Gasteiger partial charge on any atom is -0.497 e. The highest BCUT2D eigenvalue weighted by Gasteiger charge is 2.19. The van der Waals surface area contributed by atoms with Gasteiger partial charge in [-0.3, -0.25) is 4.79 Å². The number of nitrogens with one attached hydrogen (secondary N) is 1. The van der Waals surface area contributed by atoms with E-state index in [1.807, 2.05) is 37.3 Å². The number of para-hydroxylation sites is 1.